The maximum absolute atomic E-state index is 9.63. The quantitative estimate of drug-likeness (QED) is 0.580. The van der Waals surface area contributed by atoms with Crippen LogP contribution in [0.1, 0.15) is 19.4 Å². The third-order valence-electron chi connectivity index (χ3n) is 4.23. The fraction of sp³-hybridized carbons (Fsp3) is 0.238. The molecule has 0 amide bonds. The Morgan fingerprint density at radius 3 is 2.61 bits per heavy atom. The highest BCUT2D eigenvalue weighted by molar-refractivity contribution is 5.66. The lowest BCUT2D eigenvalue weighted by atomic mass is 10.1. The number of rotatable bonds is 7. The van der Waals surface area contributed by atoms with E-state index < -0.39 is 0 Å². The molecule has 0 aliphatic heterocycles. The Bertz CT molecular complexity index is 968. The van der Waals surface area contributed by atoms with Crippen LogP contribution in [0.2, 0.25) is 0 Å². The first kappa shape index (κ1) is 19.3. The summed E-state index contributed by atoms with van der Waals surface area (Å²) in [6.07, 6.45) is 1.71. The normalized spacial score (nSPS) is 11.7. The van der Waals surface area contributed by atoms with Crippen LogP contribution in [0.5, 0.6) is 0 Å². The third kappa shape index (κ3) is 4.81. The van der Waals surface area contributed by atoms with Crippen molar-refractivity contribution in [3.63, 3.8) is 0 Å². The van der Waals surface area contributed by atoms with Crippen LogP contribution in [0.25, 0.3) is 11.4 Å². The van der Waals surface area contributed by atoms with Gasteiger partial charge >= 0.3 is 0 Å². The number of aliphatic hydroxyl groups is 1. The van der Waals surface area contributed by atoms with Gasteiger partial charge in [0.05, 0.1) is 35.7 Å². The van der Waals surface area contributed by atoms with Gasteiger partial charge in [-0.1, -0.05) is 26.0 Å². The molecule has 1 atom stereocenters. The van der Waals surface area contributed by atoms with Gasteiger partial charge in [0.15, 0.2) is 0 Å². The van der Waals surface area contributed by atoms with Gasteiger partial charge in [-0.05, 0) is 36.2 Å². The lowest BCUT2D eigenvalue weighted by Crippen LogP contribution is -2.30. The molecule has 2 heterocycles. The number of anilines is 3. The molecule has 0 aliphatic rings. The van der Waals surface area contributed by atoms with Gasteiger partial charge in [-0.15, -0.1) is 0 Å². The Balaban J connectivity index is 1.98. The maximum atomic E-state index is 9.63. The van der Waals surface area contributed by atoms with E-state index in [-0.39, 0.29) is 18.6 Å². The van der Waals surface area contributed by atoms with Gasteiger partial charge < -0.3 is 15.7 Å². The maximum Gasteiger partial charge on any atom is 0.225 e. The van der Waals surface area contributed by atoms with Crippen molar-refractivity contribution in [1.29, 1.82) is 5.26 Å². The molecule has 7 nitrogen and oxygen atoms in total. The van der Waals surface area contributed by atoms with E-state index in [9.17, 15) is 5.11 Å². The van der Waals surface area contributed by atoms with Crippen LogP contribution >= 0.6 is 0 Å². The van der Waals surface area contributed by atoms with Gasteiger partial charge in [0.2, 0.25) is 5.95 Å². The van der Waals surface area contributed by atoms with Gasteiger partial charge in [-0.25, -0.2) is 4.98 Å². The number of benzene rings is 1. The van der Waals surface area contributed by atoms with E-state index in [0.29, 0.717) is 28.7 Å². The molecule has 0 radical (unpaired) electrons. The zero-order valence-corrected chi connectivity index (χ0v) is 15.8. The molecule has 28 heavy (non-hydrogen) atoms. The highest BCUT2D eigenvalue weighted by atomic mass is 16.3. The van der Waals surface area contributed by atoms with Crippen molar-refractivity contribution in [3.8, 4) is 17.5 Å². The first-order valence-electron chi connectivity index (χ1n) is 9.04. The molecule has 0 spiro atoms. The average Bonchev–Trinajstić information content (AvgIpc) is 2.72. The van der Waals surface area contributed by atoms with Crippen LogP contribution < -0.4 is 10.6 Å². The van der Waals surface area contributed by atoms with Gasteiger partial charge in [-0.2, -0.15) is 10.2 Å². The van der Waals surface area contributed by atoms with Crippen LogP contribution in [-0.2, 0) is 0 Å². The van der Waals surface area contributed by atoms with Crippen LogP contribution in [-0.4, -0.2) is 32.7 Å². The van der Waals surface area contributed by atoms with E-state index in [1.54, 1.807) is 30.5 Å². The first-order chi connectivity index (χ1) is 13.6. The molecule has 0 saturated carbocycles. The monoisotopic (exact) mass is 374 g/mol. The highest BCUT2D eigenvalue weighted by Gasteiger charge is 2.15. The van der Waals surface area contributed by atoms with Gasteiger partial charge in [0.1, 0.15) is 5.82 Å². The van der Waals surface area contributed by atoms with E-state index in [4.69, 9.17) is 5.26 Å². The number of nitrogens with one attached hydrogen (secondary N) is 2. The Labute approximate surface area is 164 Å². The molecule has 1 aromatic carbocycles. The highest BCUT2D eigenvalue weighted by Crippen LogP contribution is 2.23. The van der Waals surface area contributed by atoms with E-state index in [0.717, 1.165) is 5.69 Å². The molecule has 3 aromatic rings. The summed E-state index contributed by atoms with van der Waals surface area (Å²) in [5.41, 5.74) is 2.67. The molecule has 2 aromatic heterocycles. The van der Waals surface area contributed by atoms with E-state index >= 15 is 0 Å². The van der Waals surface area contributed by atoms with Crippen molar-refractivity contribution < 1.29 is 5.11 Å². The summed E-state index contributed by atoms with van der Waals surface area (Å²) in [7, 11) is 0. The molecule has 3 rings (SSSR count). The second kappa shape index (κ2) is 8.93. The minimum absolute atomic E-state index is 0.0260. The molecule has 0 unspecified atom stereocenters. The standard InChI is InChI=1S/C21H22N6O/c1-14(2)19(13-28)26-21-25-18(17-8-3-4-9-23-17)11-20(27-21)24-16-7-5-6-15(10-16)12-22/h3-11,14,19,28H,13H2,1-2H3,(H2,24,25,26,27)/t19-/m1/s1. The topological polar surface area (TPSA) is 107 Å². The van der Waals surface area contributed by atoms with Crippen molar-refractivity contribution >= 4 is 17.5 Å². The van der Waals surface area contributed by atoms with Gasteiger partial charge in [0, 0.05) is 18.0 Å². The van der Waals surface area contributed by atoms with Crippen LogP contribution in [0.3, 0.4) is 0 Å². The molecule has 0 fully saturated rings. The molecule has 3 N–H and O–H groups in total. The fourth-order valence-electron chi connectivity index (χ4n) is 2.62. The first-order valence-corrected chi connectivity index (χ1v) is 9.04. The Morgan fingerprint density at radius 1 is 1.07 bits per heavy atom. The van der Waals surface area contributed by atoms with E-state index in [1.165, 1.54) is 0 Å². The number of pyridine rings is 1. The zero-order valence-electron chi connectivity index (χ0n) is 15.8. The second-order valence-corrected chi connectivity index (χ2v) is 6.67. The molecule has 0 saturated heterocycles. The Morgan fingerprint density at radius 2 is 1.93 bits per heavy atom. The average molecular weight is 374 g/mol. The largest absolute Gasteiger partial charge is 0.394 e. The summed E-state index contributed by atoms with van der Waals surface area (Å²) in [6, 6.07) is 16.5. The zero-order chi connectivity index (χ0) is 19.9. The summed E-state index contributed by atoms with van der Waals surface area (Å²) < 4.78 is 0. The summed E-state index contributed by atoms with van der Waals surface area (Å²) >= 11 is 0. The summed E-state index contributed by atoms with van der Waals surface area (Å²) in [5.74, 6) is 1.17. The number of aliphatic hydroxyl groups excluding tert-OH is 1. The molecule has 7 heteroatoms. The Kier molecular flexibility index (Phi) is 6.14. The van der Waals surface area contributed by atoms with Gasteiger partial charge in [-0.3, -0.25) is 4.98 Å². The minimum atomic E-state index is -0.172. The van der Waals surface area contributed by atoms with Crippen molar-refractivity contribution in [2.75, 3.05) is 17.2 Å². The summed E-state index contributed by atoms with van der Waals surface area (Å²) in [4.78, 5) is 13.4. The smallest absolute Gasteiger partial charge is 0.225 e. The molecule has 0 bridgehead atoms. The van der Waals surface area contributed by atoms with Crippen molar-refractivity contribution in [1.82, 2.24) is 15.0 Å². The number of hydrogen-bond acceptors (Lipinski definition) is 7. The summed E-state index contributed by atoms with van der Waals surface area (Å²) in [6.45, 7) is 4.01. The van der Waals surface area contributed by atoms with Gasteiger partial charge in [0.25, 0.3) is 0 Å². The molecular weight excluding hydrogens is 352 g/mol. The van der Waals surface area contributed by atoms with E-state index in [1.807, 2.05) is 38.1 Å². The predicted octanol–water partition coefficient (Wildman–Crippen LogP) is 3.58. The predicted molar refractivity (Wildman–Crippen MR) is 109 cm³/mol. The SMILES string of the molecule is CC(C)[C@@H](CO)Nc1nc(Nc2cccc(C#N)c2)cc(-c2ccccn2)n1. The molecule has 0 aliphatic carbocycles. The number of nitrogens with zero attached hydrogens (tertiary/aromatic N) is 4. The number of nitriles is 1. The molecular formula is C21H22N6O. The number of aromatic nitrogens is 3. The summed E-state index contributed by atoms with van der Waals surface area (Å²) in [5, 5.41) is 25.1. The van der Waals surface area contributed by atoms with Crippen LogP contribution in [0.15, 0.2) is 54.7 Å². The van der Waals surface area contributed by atoms with Crippen LogP contribution in [0.4, 0.5) is 17.5 Å². The van der Waals surface area contributed by atoms with Crippen molar-refractivity contribution in [3.05, 3.63) is 60.3 Å². The number of hydrogen-bond donors (Lipinski definition) is 3. The third-order valence-corrected chi connectivity index (χ3v) is 4.23. The van der Waals surface area contributed by atoms with Crippen molar-refractivity contribution in [2.24, 2.45) is 5.92 Å². The van der Waals surface area contributed by atoms with E-state index in [2.05, 4.69) is 31.7 Å². The lowest BCUT2D eigenvalue weighted by molar-refractivity contribution is 0.248. The minimum Gasteiger partial charge on any atom is -0.394 e. The van der Waals surface area contributed by atoms with Crippen LogP contribution in [0, 0.1) is 17.2 Å². The lowest BCUT2D eigenvalue weighted by Gasteiger charge is -2.20. The fourth-order valence-corrected chi connectivity index (χ4v) is 2.62. The second-order valence-electron chi connectivity index (χ2n) is 6.67. The molecule has 142 valence electrons. The Hall–Kier alpha value is -3.50. The van der Waals surface area contributed by atoms with Crippen molar-refractivity contribution in [2.45, 2.75) is 19.9 Å².